The molecule has 0 bridgehead atoms. The van der Waals surface area contributed by atoms with E-state index in [4.69, 9.17) is 4.74 Å². The van der Waals surface area contributed by atoms with E-state index in [2.05, 4.69) is 10.3 Å². The Bertz CT molecular complexity index is 1080. The van der Waals surface area contributed by atoms with E-state index in [-0.39, 0.29) is 12.1 Å². The van der Waals surface area contributed by atoms with Crippen molar-refractivity contribution in [2.45, 2.75) is 33.4 Å². The fourth-order valence-corrected chi connectivity index (χ4v) is 2.88. The zero-order valence-corrected chi connectivity index (χ0v) is 15.9. The minimum atomic E-state index is -1.00. The normalized spacial score (nSPS) is 11.8. The van der Waals surface area contributed by atoms with Crippen molar-refractivity contribution in [1.82, 2.24) is 9.55 Å². The van der Waals surface area contributed by atoms with Gasteiger partial charge in [0.25, 0.3) is 11.5 Å². The number of rotatable bonds is 5. The van der Waals surface area contributed by atoms with Crippen LogP contribution in [0.15, 0.2) is 53.6 Å². The molecule has 3 rings (SSSR count). The van der Waals surface area contributed by atoms with E-state index >= 15 is 0 Å². The van der Waals surface area contributed by atoms with Crippen LogP contribution in [0.5, 0.6) is 0 Å². The summed E-state index contributed by atoms with van der Waals surface area (Å²) in [6, 6.07) is 12.6. The highest BCUT2D eigenvalue weighted by Gasteiger charge is 2.20. The van der Waals surface area contributed by atoms with E-state index in [0.29, 0.717) is 16.6 Å². The number of carbonyl (C=O) groups is 2. The monoisotopic (exact) mass is 379 g/mol. The number of aromatic nitrogens is 2. The van der Waals surface area contributed by atoms with Gasteiger partial charge in [-0.1, -0.05) is 30.3 Å². The predicted octanol–water partition coefficient (Wildman–Crippen LogP) is 2.58. The number of esters is 1. The van der Waals surface area contributed by atoms with E-state index in [1.807, 2.05) is 32.0 Å². The fraction of sp³-hybridized carbons (Fsp3) is 0.238. The van der Waals surface area contributed by atoms with E-state index in [1.165, 1.54) is 17.8 Å². The number of carbonyl (C=O) groups excluding carboxylic acids is 2. The van der Waals surface area contributed by atoms with Crippen LogP contribution < -0.4 is 10.9 Å². The van der Waals surface area contributed by atoms with Crippen molar-refractivity contribution in [1.29, 1.82) is 0 Å². The van der Waals surface area contributed by atoms with Crippen LogP contribution in [-0.4, -0.2) is 27.5 Å². The Morgan fingerprint density at radius 3 is 2.50 bits per heavy atom. The van der Waals surface area contributed by atoms with Gasteiger partial charge in [0.15, 0.2) is 6.10 Å². The summed E-state index contributed by atoms with van der Waals surface area (Å²) in [7, 11) is 0. The standard InChI is InChI=1S/C21H21N3O4/c1-13-7-6-8-14(2)19(13)23-20(26)15(3)28-18(25)11-24-12-22-17-10-5-4-9-16(17)21(24)27/h4-10,12,15H,11H2,1-3H3,(H,23,26)/t15-/m1/s1. The summed E-state index contributed by atoms with van der Waals surface area (Å²) < 4.78 is 6.36. The summed E-state index contributed by atoms with van der Waals surface area (Å²) >= 11 is 0. The molecule has 0 spiro atoms. The van der Waals surface area contributed by atoms with Crippen molar-refractivity contribution >= 4 is 28.5 Å². The maximum Gasteiger partial charge on any atom is 0.326 e. The van der Waals surface area contributed by atoms with E-state index < -0.39 is 18.0 Å². The highest BCUT2D eigenvalue weighted by Crippen LogP contribution is 2.19. The summed E-state index contributed by atoms with van der Waals surface area (Å²) in [6.07, 6.45) is 0.295. The number of hydrogen-bond donors (Lipinski definition) is 1. The van der Waals surface area contributed by atoms with Crippen LogP contribution in [0.25, 0.3) is 10.9 Å². The largest absolute Gasteiger partial charge is 0.451 e. The number of benzene rings is 2. The molecule has 7 nitrogen and oxygen atoms in total. The van der Waals surface area contributed by atoms with E-state index in [1.54, 1.807) is 24.3 Å². The van der Waals surface area contributed by atoms with Crippen LogP contribution in [0.3, 0.4) is 0 Å². The minimum Gasteiger partial charge on any atom is -0.451 e. The minimum absolute atomic E-state index is 0.322. The Kier molecular flexibility index (Phi) is 5.54. The number of anilines is 1. The van der Waals surface area contributed by atoms with Crippen molar-refractivity contribution in [2.75, 3.05) is 5.32 Å². The van der Waals surface area contributed by atoms with Crippen molar-refractivity contribution in [2.24, 2.45) is 0 Å². The molecule has 7 heteroatoms. The Morgan fingerprint density at radius 2 is 1.79 bits per heavy atom. The molecule has 2 aromatic carbocycles. The summed E-state index contributed by atoms with van der Waals surface area (Å²) in [5.74, 6) is -1.13. The highest BCUT2D eigenvalue weighted by atomic mass is 16.5. The Labute approximate surface area is 162 Å². The van der Waals surface area contributed by atoms with Gasteiger partial charge in [0.1, 0.15) is 6.54 Å². The second-order valence-electron chi connectivity index (χ2n) is 6.58. The molecule has 0 saturated carbocycles. The first-order valence-electron chi connectivity index (χ1n) is 8.87. The van der Waals surface area contributed by atoms with Gasteiger partial charge in [-0.15, -0.1) is 0 Å². The molecule has 3 aromatic rings. The lowest BCUT2D eigenvalue weighted by molar-refractivity contribution is -0.153. The second kappa shape index (κ2) is 8.04. The van der Waals surface area contributed by atoms with Crippen LogP contribution in [0.4, 0.5) is 5.69 Å². The molecule has 0 fully saturated rings. The molecule has 1 atom stereocenters. The number of aryl methyl sites for hydroxylation is 2. The van der Waals surface area contributed by atoms with Gasteiger partial charge < -0.3 is 10.1 Å². The third-order valence-corrected chi connectivity index (χ3v) is 4.44. The zero-order valence-electron chi connectivity index (χ0n) is 15.9. The molecular formula is C21H21N3O4. The average molecular weight is 379 g/mol. The smallest absolute Gasteiger partial charge is 0.326 e. The fourth-order valence-electron chi connectivity index (χ4n) is 2.88. The number of fused-ring (bicyclic) bond motifs is 1. The molecule has 144 valence electrons. The van der Waals surface area contributed by atoms with Gasteiger partial charge in [-0.3, -0.25) is 19.0 Å². The lowest BCUT2D eigenvalue weighted by Gasteiger charge is -2.16. The van der Waals surface area contributed by atoms with Gasteiger partial charge in [0.05, 0.1) is 17.2 Å². The summed E-state index contributed by atoms with van der Waals surface area (Å²) in [4.78, 5) is 41.2. The van der Waals surface area contributed by atoms with Crippen LogP contribution in [0, 0.1) is 13.8 Å². The maximum atomic E-state index is 12.4. The zero-order chi connectivity index (χ0) is 20.3. The van der Waals surface area contributed by atoms with Gasteiger partial charge >= 0.3 is 5.97 Å². The number of hydrogen-bond acceptors (Lipinski definition) is 5. The second-order valence-corrected chi connectivity index (χ2v) is 6.58. The number of amides is 1. The molecule has 0 aliphatic carbocycles. The quantitative estimate of drug-likeness (QED) is 0.688. The maximum absolute atomic E-state index is 12.4. The van der Waals surface area contributed by atoms with Crippen LogP contribution in [0.2, 0.25) is 0 Å². The summed E-state index contributed by atoms with van der Waals surface area (Å²) in [5.41, 5.74) is 2.75. The first-order valence-corrected chi connectivity index (χ1v) is 8.87. The average Bonchev–Trinajstić information content (AvgIpc) is 2.67. The molecule has 1 N–H and O–H groups in total. The topological polar surface area (TPSA) is 90.3 Å². The van der Waals surface area contributed by atoms with Gasteiger partial charge in [-0.2, -0.15) is 0 Å². The third-order valence-electron chi connectivity index (χ3n) is 4.44. The SMILES string of the molecule is Cc1cccc(C)c1NC(=O)[C@@H](C)OC(=O)Cn1cnc2ccccc2c1=O. The molecule has 0 aliphatic rings. The number of nitrogens with zero attached hydrogens (tertiary/aromatic N) is 2. The molecule has 1 heterocycles. The van der Waals surface area contributed by atoms with Gasteiger partial charge in [-0.25, -0.2) is 4.98 Å². The van der Waals surface area contributed by atoms with Crippen molar-refractivity contribution < 1.29 is 14.3 Å². The van der Waals surface area contributed by atoms with Gasteiger partial charge in [0.2, 0.25) is 0 Å². The highest BCUT2D eigenvalue weighted by molar-refractivity contribution is 5.96. The molecule has 0 saturated heterocycles. The Balaban J connectivity index is 1.67. The molecule has 0 unspecified atom stereocenters. The van der Waals surface area contributed by atoms with Gasteiger partial charge in [-0.05, 0) is 44.0 Å². The van der Waals surface area contributed by atoms with Crippen molar-refractivity contribution in [3.05, 3.63) is 70.3 Å². The molecule has 28 heavy (non-hydrogen) atoms. The molecule has 0 aliphatic heterocycles. The Hall–Kier alpha value is -3.48. The molecule has 0 radical (unpaired) electrons. The number of ether oxygens (including phenoxy) is 1. The molecule has 1 aromatic heterocycles. The third kappa shape index (κ3) is 4.09. The Morgan fingerprint density at radius 1 is 1.11 bits per heavy atom. The molecule has 1 amide bonds. The first kappa shape index (κ1) is 19.3. The van der Waals surface area contributed by atoms with Crippen LogP contribution in [0.1, 0.15) is 18.1 Å². The lowest BCUT2D eigenvalue weighted by atomic mass is 10.1. The predicted molar refractivity (Wildman–Crippen MR) is 106 cm³/mol. The van der Waals surface area contributed by atoms with Gasteiger partial charge in [0, 0.05) is 5.69 Å². The van der Waals surface area contributed by atoms with Crippen LogP contribution >= 0.6 is 0 Å². The van der Waals surface area contributed by atoms with Crippen molar-refractivity contribution in [3.63, 3.8) is 0 Å². The number of para-hydroxylation sites is 2. The first-order chi connectivity index (χ1) is 13.4. The summed E-state index contributed by atoms with van der Waals surface area (Å²) in [6.45, 7) is 4.94. The number of nitrogens with one attached hydrogen (secondary N) is 1. The molecular weight excluding hydrogens is 358 g/mol. The van der Waals surface area contributed by atoms with Crippen molar-refractivity contribution in [3.8, 4) is 0 Å². The van der Waals surface area contributed by atoms with E-state index in [9.17, 15) is 14.4 Å². The van der Waals surface area contributed by atoms with E-state index in [0.717, 1.165) is 11.1 Å². The lowest BCUT2D eigenvalue weighted by Crippen LogP contribution is -2.33. The summed E-state index contributed by atoms with van der Waals surface area (Å²) in [5, 5.41) is 3.20. The van der Waals surface area contributed by atoms with Crippen LogP contribution in [-0.2, 0) is 20.9 Å².